The van der Waals surface area contributed by atoms with Crippen LogP contribution in [-0.2, 0) is 0 Å². The quantitative estimate of drug-likeness (QED) is 0.378. The molecule has 0 saturated heterocycles. The lowest BCUT2D eigenvalue weighted by Crippen LogP contribution is -2.23. The van der Waals surface area contributed by atoms with Crippen molar-refractivity contribution in [3.63, 3.8) is 0 Å². The minimum absolute atomic E-state index is 0.197. The predicted octanol–water partition coefficient (Wildman–Crippen LogP) is 9.26. The Balaban J connectivity index is 1.37. The maximum absolute atomic E-state index is 15.4. The van der Waals surface area contributed by atoms with Gasteiger partial charge in [-0.15, -0.1) is 11.3 Å². The Labute approximate surface area is 186 Å². The molecule has 31 heavy (non-hydrogen) atoms. The Kier molecular flexibility index (Phi) is 5.85. The topological polar surface area (TPSA) is 0 Å². The van der Waals surface area contributed by atoms with Gasteiger partial charge in [0.2, 0.25) is 0 Å². The maximum atomic E-state index is 15.4. The van der Waals surface area contributed by atoms with E-state index < -0.39 is 11.6 Å². The molecule has 0 bridgehead atoms. The van der Waals surface area contributed by atoms with E-state index in [1.807, 2.05) is 12.1 Å². The van der Waals surface area contributed by atoms with Gasteiger partial charge in [0, 0.05) is 16.3 Å². The zero-order valence-corrected chi connectivity index (χ0v) is 18.8. The van der Waals surface area contributed by atoms with Gasteiger partial charge < -0.3 is 0 Å². The molecule has 0 aliphatic heterocycles. The summed E-state index contributed by atoms with van der Waals surface area (Å²) >= 11 is 1.02. The van der Waals surface area contributed by atoms with Crippen LogP contribution in [-0.4, -0.2) is 0 Å². The SMILES string of the molecule is CCCC1CCC(C2CC=C(c3ccc4c(sc5c(F)c(F)ccc54)c3F)CC2)CC1. The van der Waals surface area contributed by atoms with Crippen LogP contribution < -0.4 is 0 Å². The molecule has 4 heteroatoms. The Morgan fingerprint density at radius 2 is 1.55 bits per heavy atom. The van der Waals surface area contributed by atoms with Crippen molar-refractivity contribution in [1.29, 1.82) is 0 Å². The molecule has 1 atom stereocenters. The van der Waals surface area contributed by atoms with Gasteiger partial charge in [-0.1, -0.05) is 50.8 Å². The van der Waals surface area contributed by atoms with Crippen molar-refractivity contribution in [3.05, 3.63) is 53.4 Å². The first kappa shape index (κ1) is 21.1. The van der Waals surface area contributed by atoms with Crippen LogP contribution in [0.1, 0.15) is 70.3 Å². The molecule has 2 aromatic carbocycles. The Morgan fingerprint density at radius 3 is 2.23 bits per heavy atom. The average Bonchev–Trinajstić information content (AvgIpc) is 3.18. The van der Waals surface area contributed by atoms with E-state index in [2.05, 4.69) is 13.0 Å². The second-order valence-electron chi connectivity index (χ2n) is 9.48. The summed E-state index contributed by atoms with van der Waals surface area (Å²) in [5.41, 5.74) is 1.70. The summed E-state index contributed by atoms with van der Waals surface area (Å²) in [6.45, 7) is 2.28. The summed E-state index contributed by atoms with van der Waals surface area (Å²) in [6.07, 6.45) is 13.4. The third kappa shape index (κ3) is 3.82. The number of thiophene rings is 1. The summed E-state index contributed by atoms with van der Waals surface area (Å²) in [4.78, 5) is 0. The van der Waals surface area contributed by atoms with Crippen LogP contribution in [0.15, 0.2) is 30.3 Å². The van der Waals surface area contributed by atoms with Crippen LogP contribution >= 0.6 is 11.3 Å². The van der Waals surface area contributed by atoms with E-state index >= 15 is 4.39 Å². The van der Waals surface area contributed by atoms with Crippen molar-refractivity contribution >= 4 is 37.1 Å². The van der Waals surface area contributed by atoms with Crippen molar-refractivity contribution in [2.45, 2.75) is 64.7 Å². The minimum atomic E-state index is -0.885. The van der Waals surface area contributed by atoms with Crippen LogP contribution in [0.3, 0.4) is 0 Å². The zero-order chi connectivity index (χ0) is 21.5. The number of hydrogen-bond donors (Lipinski definition) is 0. The van der Waals surface area contributed by atoms with Gasteiger partial charge in [-0.05, 0) is 67.6 Å². The Morgan fingerprint density at radius 1 is 0.839 bits per heavy atom. The third-order valence-electron chi connectivity index (χ3n) is 7.69. The normalized spacial score (nSPS) is 24.6. The van der Waals surface area contributed by atoms with Gasteiger partial charge in [-0.2, -0.15) is 0 Å². The van der Waals surface area contributed by atoms with Crippen LogP contribution in [0.5, 0.6) is 0 Å². The number of halogens is 3. The molecule has 1 saturated carbocycles. The lowest BCUT2D eigenvalue weighted by Gasteiger charge is -2.35. The first-order chi connectivity index (χ1) is 15.1. The first-order valence-corrected chi connectivity index (χ1v) is 12.6. The summed E-state index contributed by atoms with van der Waals surface area (Å²) < 4.78 is 43.9. The fraction of sp³-hybridized carbons (Fsp3) is 0.481. The van der Waals surface area contributed by atoms with Crippen molar-refractivity contribution in [2.24, 2.45) is 17.8 Å². The smallest absolute Gasteiger partial charge is 0.176 e. The molecule has 0 N–H and O–H groups in total. The van der Waals surface area contributed by atoms with E-state index in [-0.39, 0.29) is 10.5 Å². The molecule has 5 rings (SSSR count). The highest BCUT2D eigenvalue weighted by Crippen LogP contribution is 2.44. The first-order valence-electron chi connectivity index (χ1n) is 11.7. The van der Waals surface area contributed by atoms with Gasteiger partial charge in [-0.3, -0.25) is 0 Å². The highest BCUT2D eigenvalue weighted by Gasteiger charge is 2.29. The van der Waals surface area contributed by atoms with Gasteiger partial charge in [0.25, 0.3) is 0 Å². The lowest BCUT2D eigenvalue weighted by molar-refractivity contribution is 0.189. The predicted molar refractivity (Wildman–Crippen MR) is 125 cm³/mol. The van der Waals surface area contributed by atoms with E-state index in [9.17, 15) is 8.78 Å². The van der Waals surface area contributed by atoms with E-state index in [4.69, 9.17) is 0 Å². The largest absolute Gasteiger partial charge is 0.205 e. The summed E-state index contributed by atoms with van der Waals surface area (Å²) in [5, 5.41) is 1.25. The zero-order valence-electron chi connectivity index (χ0n) is 18.0. The summed E-state index contributed by atoms with van der Waals surface area (Å²) in [5.74, 6) is 0.412. The van der Waals surface area contributed by atoms with Gasteiger partial charge >= 0.3 is 0 Å². The molecule has 1 aromatic heterocycles. The van der Waals surface area contributed by atoms with Crippen LogP contribution in [0.4, 0.5) is 13.2 Å². The Bertz CT molecular complexity index is 1130. The third-order valence-corrected chi connectivity index (χ3v) is 8.90. The van der Waals surface area contributed by atoms with E-state index in [0.29, 0.717) is 21.0 Å². The van der Waals surface area contributed by atoms with Crippen molar-refractivity contribution in [3.8, 4) is 0 Å². The fourth-order valence-corrected chi connectivity index (χ4v) is 7.11. The van der Waals surface area contributed by atoms with Crippen molar-refractivity contribution < 1.29 is 13.2 Å². The van der Waals surface area contributed by atoms with Crippen molar-refractivity contribution in [2.75, 3.05) is 0 Å². The standard InChI is InChI=1S/C27H29F3S/c1-2-3-16-4-6-17(7-5-16)18-8-10-19(11-9-18)20-12-13-21-22-14-15-23(28)25(30)27(22)31-26(21)24(20)29/h10,12-18H,2-9,11H2,1H3. The Hall–Kier alpha value is -1.81. The van der Waals surface area contributed by atoms with Crippen LogP contribution in [0.25, 0.3) is 25.7 Å². The highest BCUT2D eigenvalue weighted by atomic mass is 32.1. The fourth-order valence-electron chi connectivity index (χ4n) is 5.95. The number of benzene rings is 2. The lowest BCUT2D eigenvalue weighted by atomic mass is 9.70. The second kappa shape index (κ2) is 8.61. The summed E-state index contributed by atoms with van der Waals surface area (Å²) in [6, 6.07) is 6.36. The van der Waals surface area contributed by atoms with Gasteiger partial charge in [0.1, 0.15) is 5.82 Å². The number of rotatable bonds is 4. The monoisotopic (exact) mass is 442 g/mol. The van der Waals surface area contributed by atoms with E-state index in [1.165, 1.54) is 38.5 Å². The molecular formula is C27H29F3S. The minimum Gasteiger partial charge on any atom is -0.205 e. The van der Waals surface area contributed by atoms with Crippen LogP contribution in [0, 0.1) is 35.2 Å². The molecule has 1 heterocycles. The van der Waals surface area contributed by atoms with Gasteiger partial charge in [0.15, 0.2) is 11.6 Å². The van der Waals surface area contributed by atoms with Crippen LogP contribution in [0.2, 0.25) is 0 Å². The van der Waals surface area contributed by atoms with E-state index in [0.717, 1.165) is 60.0 Å². The molecular weight excluding hydrogens is 413 g/mol. The molecule has 0 amide bonds. The molecule has 1 fully saturated rings. The molecule has 0 spiro atoms. The average molecular weight is 443 g/mol. The van der Waals surface area contributed by atoms with Crippen molar-refractivity contribution in [1.82, 2.24) is 0 Å². The summed E-state index contributed by atoms with van der Waals surface area (Å²) in [7, 11) is 0. The molecule has 164 valence electrons. The van der Waals surface area contributed by atoms with Gasteiger partial charge in [0.05, 0.1) is 9.40 Å². The number of hydrogen-bond acceptors (Lipinski definition) is 1. The highest BCUT2D eigenvalue weighted by molar-refractivity contribution is 7.25. The molecule has 0 nitrogen and oxygen atoms in total. The molecule has 2 aliphatic rings. The number of allylic oxidation sites excluding steroid dienone is 2. The molecule has 3 aromatic rings. The maximum Gasteiger partial charge on any atom is 0.176 e. The molecule has 0 radical (unpaired) electrons. The van der Waals surface area contributed by atoms with Gasteiger partial charge in [-0.25, -0.2) is 13.2 Å². The molecule has 2 aliphatic carbocycles. The van der Waals surface area contributed by atoms with E-state index in [1.54, 1.807) is 6.07 Å². The molecule has 1 unspecified atom stereocenters. The second-order valence-corrected chi connectivity index (χ2v) is 10.5. The number of fused-ring (bicyclic) bond motifs is 3.